The first-order valence-electron chi connectivity index (χ1n) is 8.79. The molecule has 3 amide bonds. The lowest BCUT2D eigenvalue weighted by Crippen LogP contribution is -2.40. The van der Waals surface area contributed by atoms with E-state index in [-0.39, 0.29) is 11.9 Å². The number of carbonyl (C=O) groups excluding carboxylic acids is 2. The van der Waals surface area contributed by atoms with Gasteiger partial charge in [0.2, 0.25) is 0 Å². The third kappa shape index (κ3) is 3.59. The number of benzene rings is 1. The van der Waals surface area contributed by atoms with Crippen molar-refractivity contribution in [2.45, 2.75) is 13.0 Å². The maximum absolute atomic E-state index is 12.6. The number of nitrogens with one attached hydrogen (secondary N) is 1. The van der Waals surface area contributed by atoms with Crippen molar-refractivity contribution in [1.82, 2.24) is 9.80 Å². The molecular formula is C19H21N3O3S. The smallest absolute Gasteiger partial charge is 0.322 e. The summed E-state index contributed by atoms with van der Waals surface area (Å²) in [5.41, 5.74) is 2.46. The Balaban J connectivity index is 1.42. The molecule has 3 heterocycles. The van der Waals surface area contributed by atoms with Gasteiger partial charge < -0.3 is 19.9 Å². The van der Waals surface area contributed by atoms with Gasteiger partial charge in [-0.25, -0.2) is 4.79 Å². The van der Waals surface area contributed by atoms with Crippen molar-refractivity contribution in [2.24, 2.45) is 0 Å². The number of hydrogen-bond donors (Lipinski definition) is 1. The molecule has 1 aromatic heterocycles. The lowest BCUT2D eigenvalue weighted by atomic mass is 10.1. The molecule has 0 unspecified atom stereocenters. The molecule has 1 fully saturated rings. The first-order chi connectivity index (χ1) is 12.7. The van der Waals surface area contributed by atoms with Crippen molar-refractivity contribution in [3.05, 3.63) is 51.7 Å². The maximum atomic E-state index is 12.6. The third-order valence-electron chi connectivity index (χ3n) is 4.75. The first-order valence-corrected chi connectivity index (χ1v) is 9.67. The van der Waals surface area contributed by atoms with E-state index >= 15 is 0 Å². The van der Waals surface area contributed by atoms with Crippen LogP contribution in [0, 0.1) is 0 Å². The molecule has 1 N–H and O–H groups in total. The Bertz CT molecular complexity index is 814. The Hall–Kier alpha value is -2.38. The van der Waals surface area contributed by atoms with Crippen LogP contribution in [0.4, 0.5) is 10.5 Å². The molecule has 1 saturated heterocycles. The summed E-state index contributed by atoms with van der Waals surface area (Å²) in [5.74, 6) is -0.0229. The van der Waals surface area contributed by atoms with Gasteiger partial charge in [-0.15, -0.1) is 11.3 Å². The second kappa shape index (κ2) is 7.47. The van der Waals surface area contributed by atoms with Gasteiger partial charge in [-0.1, -0.05) is 6.07 Å². The topological polar surface area (TPSA) is 61.9 Å². The van der Waals surface area contributed by atoms with E-state index in [1.807, 2.05) is 11.0 Å². The highest BCUT2D eigenvalue weighted by Gasteiger charge is 2.22. The standard InChI is InChI=1S/C19H21N3O3S/c23-18(21-7-9-25-10-8-21)14-2-1-3-16(12-14)20-19(24)22-6-4-17-15(13-22)5-11-26-17/h1-3,5,11-12H,4,6-10,13H2,(H,20,24). The molecule has 0 saturated carbocycles. The number of urea groups is 1. The summed E-state index contributed by atoms with van der Waals surface area (Å²) in [4.78, 5) is 30.1. The zero-order valence-corrected chi connectivity index (χ0v) is 15.3. The van der Waals surface area contributed by atoms with Crippen molar-refractivity contribution in [3.8, 4) is 0 Å². The molecular weight excluding hydrogens is 350 g/mol. The van der Waals surface area contributed by atoms with Crippen LogP contribution in [0.1, 0.15) is 20.8 Å². The number of amides is 3. The van der Waals surface area contributed by atoms with E-state index < -0.39 is 0 Å². The molecule has 6 nitrogen and oxygen atoms in total. The van der Waals surface area contributed by atoms with E-state index in [1.54, 1.807) is 34.4 Å². The van der Waals surface area contributed by atoms with Crippen LogP contribution in [0.3, 0.4) is 0 Å². The molecule has 0 aliphatic carbocycles. The molecule has 1 aromatic carbocycles. The van der Waals surface area contributed by atoms with E-state index in [0.717, 1.165) is 6.42 Å². The van der Waals surface area contributed by atoms with Gasteiger partial charge in [-0.2, -0.15) is 0 Å². The van der Waals surface area contributed by atoms with Gasteiger partial charge in [0, 0.05) is 42.3 Å². The van der Waals surface area contributed by atoms with Gasteiger partial charge in [0.15, 0.2) is 0 Å². The molecule has 2 aliphatic heterocycles. The number of carbonyl (C=O) groups is 2. The van der Waals surface area contributed by atoms with Gasteiger partial charge >= 0.3 is 6.03 Å². The molecule has 2 aliphatic rings. The molecule has 2 aromatic rings. The number of fused-ring (bicyclic) bond motifs is 1. The predicted molar refractivity (Wildman–Crippen MR) is 101 cm³/mol. The average molecular weight is 371 g/mol. The quantitative estimate of drug-likeness (QED) is 0.883. The SMILES string of the molecule is O=C(Nc1cccc(C(=O)N2CCOCC2)c1)N1CCc2sccc2C1. The summed E-state index contributed by atoms with van der Waals surface area (Å²) < 4.78 is 5.29. The number of ether oxygens (including phenoxy) is 1. The number of nitrogens with zero attached hydrogens (tertiary/aromatic N) is 2. The highest BCUT2D eigenvalue weighted by atomic mass is 32.1. The minimum Gasteiger partial charge on any atom is -0.378 e. The number of morpholine rings is 1. The zero-order valence-electron chi connectivity index (χ0n) is 14.4. The largest absolute Gasteiger partial charge is 0.378 e. The lowest BCUT2D eigenvalue weighted by Gasteiger charge is -2.28. The average Bonchev–Trinajstić information content (AvgIpc) is 3.16. The second-order valence-corrected chi connectivity index (χ2v) is 7.46. The molecule has 0 radical (unpaired) electrons. The second-order valence-electron chi connectivity index (χ2n) is 6.46. The molecule has 7 heteroatoms. The Morgan fingerprint density at radius 2 is 1.92 bits per heavy atom. The number of thiophene rings is 1. The summed E-state index contributed by atoms with van der Waals surface area (Å²) in [6.45, 7) is 3.70. The Morgan fingerprint density at radius 3 is 2.77 bits per heavy atom. The number of rotatable bonds is 2. The number of hydrogen-bond acceptors (Lipinski definition) is 4. The van der Waals surface area contributed by atoms with Gasteiger partial charge in [-0.05, 0) is 41.6 Å². The monoisotopic (exact) mass is 371 g/mol. The van der Waals surface area contributed by atoms with Gasteiger partial charge in [0.25, 0.3) is 5.91 Å². The predicted octanol–water partition coefficient (Wildman–Crippen LogP) is 2.81. The van der Waals surface area contributed by atoms with Crippen LogP contribution >= 0.6 is 11.3 Å². The minimum atomic E-state index is -0.127. The van der Waals surface area contributed by atoms with E-state index in [2.05, 4.69) is 16.8 Å². The van der Waals surface area contributed by atoms with Crippen molar-refractivity contribution < 1.29 is 14.3 Å². The summed E-state index contributed by atoms with van der Waals surface area (Å²) >= 11 is 1.75. The molecule has 136 valence electrons. The Morgan fingerprint density at radius 1 is 1.08 bits per heavy atom. The molecule has 0 bridgehead atoms. The van der Waals surface area contributed by atoms with Crippen LogP contribution in [-0.4, -0.2) is 54.6 Å². The molecule has 0 spiro atoms. The highest BCUT2D eigenvalue weighted by Crippen LogP contribution is 2.24. The summed E-state index contributed by atoms with van der Waals surface area (Å²) in [6.07, 6.45) is 0.899. The van der Waals surface area contributed by atoms with E-state index in [0.29, 0.717) is 50.6 Å². The Kier molecular flexibility index (Phi) is 4.90. The van der Waals surface area contributed by atoms with Crippen molar-refractivity contribution in [3.63, 3.8) is 0 Å². The van der Waals surface area contributed by atoms with Crippen molar-refractivity contribution in [2.75, 3.05) is 38.2 Å². The fourth-order valence-electron chi connectivity index (χ4n) is 3.30. The first kappa shape index (κ1) is 17.1. The third-order valence-corrected chi connectivity index (χ3v) is 5.78. The molecule has 26 heavy (non-hydrogen) atoms. The highest BCUT2D eigenvalue weighted by molar-refractivity contribution is 7.10. The fraction of sp³-hybridized carbons (Fsp3) is 0.368. The minimum absolute atomic E-state index is 0.0229. The summed E-state index contributed by atoms with van der Waals surface area (Å²) in [5, 5.41) is 5.00. The zero-order chi connectivity index (χ0) is 17.9. The molecule has 0 atom stereocenters. The van der Waals surface area contributed by atoms with Crippen LogP contribution in [0.5, 0.6) is 0 Å². The fourth-order valence-corrected chi connectivity index (χ4v) is 4.19. The van der Waals surface area contributed by atoms with Crippen LogP contribution in [0.15, 0.2) is 35.7 Å². The maximum Gasteiger partial charge on any atom is 0.322 e. The van der Waals surface area contributed by atoms with Crippen molar-refractivity contribution in [1.29, 1.82) is 0 Å². The Labute approximate surface area is 156 Å². The molecule has 4 rings (SSSR count). The van der Waals surface area contributed by atoms with Crippen LogP contribution in [-0.2, 0) is 17.7 Å². The number of anilines is 1. The van der Waals surface area contributed by atoms with Crippen LogP contribution in [0.25, 0.3) is 0 Å². The van der Waals surface area contributed by atoms with Crippen molar-refractivity contribution >= 4 is 29.0 Å². The van der Waals surface area contributed by atoms with Gasteiger partial charge in [0.05, 0.1) is 13.2 Å². The van der Waals surface area contributed by atoms with E-state index in [4.69, 9.17) is 4.74 Å². The van der Waals surface area contributed by atoms with Crippen LogP contribution < -0.4 is 5.32 Å². The normalized spacial score (nSPS) is 16.9. The lowest BCUT2D eigenvalue weighted by molar-refractivity contribution is 0.0303. The van der Waals surface area contributed by atoms with E-state index in [9.17, 15) is 9.59 Å². The summed E-state index contributed by atoms with van der Waals surface area (Å²) in [7, 11) is 0. The van der Waals surface area contributed by atoms with E-state index in [1.165, 1.54) is 10.4 Å². The van der Waals surface area contributed by atoms with Gasteiger partial charge in [-0.3, -0.25) is 4.79 Å². The summed E-state index contributed by atoms with van der Waals surface area (Å²) in [6, 6.07) is 9.10. The van der Waals surface area contributed by atoms with Crippen LogP contribution in [0.2, 0.25) is 0 Å². The van der Waals surface area contributed by atoms with Gasteiger partial charge in [0.1, 0.15) is 0 Å².